The molecule has 46 valence electrons. The van der Waals surface area contributed by atoms with E-state index in [9.17, 15) is 0 Å². The van der Waals surface area contributed by atoms with Crippen molar-refractivity contribution in [2.45, 2.75) is 20.8 Å². The van der Waals surface area contributed by atoms with Crippen molar-refractivity contribution in [3.63, 3.8) is 0 Å². The van der Waals surface area contributed by atoms with E-state index in [1.165, 1.54) is 11.1 Å². The molecular formula is C6H11NS. The summed E-state index contributed by atoms with van der Waals surface area (Å²) in [5.74, 6) is 0. The molecule has 0 aliphatic heterocycles. The van der Waals surface area contributed by atoms with Crippen LogP contribution in [-0.4, -0.2) is 5.49 Å². The van der Waals surface area contributed by atoms with Gasteiger partial charge in [-0.2, -0.15) is 0 Å². The molecule has 0 unspecified atom stereocenters. The van der Waals surface area contributed by atoms with Gasteiger partial charge in [0.25, 0.3) is 0 Å². The van der Waals surface area contributed by atoms with Crippen LogP contribution in [0.5, 0.6) is 0 Å². The maximum Gasteiger partial charge on any atom is 0.0656 e. The van der Waals surface area contributed by atoms with Crippen molar-refractivity contribution in [2.75, 3.05) is 0 Å². The van der Waals surface area contributed by atoms with Gasteiger partial charge in [0.15, 0.2) is 0 Å². The van der Waals surface area contributed by atoms with Crippen molar-refractivity contribution in [1.82, 2.24) is 5.32 Å². The monoisotopic (exact) mass is 129 g/mol. The summed E-state index contributed by atoms with van der Waals surface area (Å²) in [5.41, 5.74) is 3.92. The molecule has 0 aliphatic rings. The highest BCUT2D eigenvalue weighted by Gasteiger charge is 1.83. The molecule has 0 radical (unpaired) electrons. The third-order valence-electron chi connectivity index (χ3n) is 1.03. The molecule has 0 saturated heterocycles. The molecule has 0 aromatic rings. The Balaban J connectivity index is 3.79. The van der Waals surface area contributed by atoms with Gasteiger partial charge in [-0.05, 0) is 20.8 Å². The molecule has 0 spiro atoms. The topological polar surface area (TPSA) is 12.0 Å². The number of hydrogen-bond acceptors (Lipinski definition) is 1. The van der Waals surface area contributed by atoms with E-state index in [0.717, 1.165) is 5.70 Å². The van der Waals surface area contributed by atoms with E-state index < -0.39 is 0 Å². The van der Waals surface area contributed by atoms with E-state index in [2.05, 4.69) is 17.5 Å². The number of nitrogens with one attached hydrogen (secondary N) is 1. The van der Waals surface area contributed by atoms with Crippen LogP contribution in [0.25, 0.3) is 0 Å². The first-order valence-electron chi connectivity index (χ1n) is 2.52. The fraction of sp³-hybridized carbons (Fsp3) is 0.500. The molecule has 0 atom stereocenters. The van der Waals surface area contributed by atoms with E-state index in [4.69, 9.17) is 0 Å². The zero-order chi connectivity index (χ0) is 6.57. The predicted octanol–water partition coefficient (Wildman–Crippen LogP) is 1.85. The predicted molar refractivity (Wildman–Crippen MR) is 40.8 cm³/mol. The summed E-state index contributed by atoms with van der Waals surface area (Å²) in [6.45, 7) is 6.08. The lowest BCUT2D eigenvalue weighted by molar-refractivity contribution is 1.09. The molecule has 0 amide bonds. The van der Waals surface area contributed by atoms with Gasteiger partial charge in [-0.25, -0.2) is 0 Å². The Hall–Kier alpha value is -0.370. The van der Waals surface area contributed by atoms with Crippen LogP contribution in [0.1, 0.15) is 20.8 Å². The summed E-state index contributed by atoms with van der Waals surface area (Å²) in [4.78, 5) is 0. The number of rotatable bonds is 2. The quantitative estimate of drug-likeness (QED) is 0.571. The molecule has 0 heterocycles. The summed E-state index contributed by atoms with van der Waals surface area (Å²) < 4.78 is 0. The van der Waals surface area contributed by atoms with E-state index in [1.54, 1.807) is 0 Å². The Bertz CT molecular complexity index is 112. The average Bonchev–Trinajstić information content (AvgIpc) is 1.67. The second-order valence-corrected chi connectivity index (χ2v) is 2.12. The lowest BCUT2D eigenvalue weighted by Gasteiger charge is -1.99. The van der Waals surface area contributed by atoms with Crippen LogP contribution >= 0.6 is 12.2 Å². The van der Waals surface area contributed by atoms with E-state index in [1.807, 2.05) is 20.8 Å². The van der Waals surface area contributed by atoms with Crippen molar-refractivity contribution in [3.05, 3.63) is 11.3 Å². The summed E-state index contributed by atoms with van der Waals surface area (Å²) in [5, 5.41) is 2.91. The molecule has 2 heteroatoms. The minimum atomic E-state index is 1.14. The maximum absolute atomic E-state index is 4.58. The van der Waals surface area contributed by atoms with Gasteiger partial charge < -0.3 is 5.32 Å². The second kappa shape index (κ2) is 3.61. The lowest BCUT2D eigenvalue weighted by atomic mass is 10.3. The molecule has 0 rings (SSSR count). The molecule has 0 aliphatic carbocycles. The smallest absolute Gasteiger partial charge is 0.0656 e. The zero-order valence-electron chi connectivity index (χ0n) is 5.49. The highest BCUT2D eigenvalue weighted by atomic mass is 32.1. The van der Waals surface area contributed by atoms with Gasteiger partial charge in [0.2, 0.25) is 0 Å². The summed E-state index contributed by atoms with van der Waals surface area (Å²) in [6, 6.07) is 0. The van der Waals surface area contributed by atoms with Crippen LogP contribution in [0.15, 0.2) is 11.3 Å². The van der Waals surface area contributed by atoms with E-state index in [0.29, 0.717) is 0 Å². The number of hydrogen-bond donors (Lipinski definition) is 1. The van der Waals surface area contributed by atoms with Gasteiger partial charge in [-0.15, -0.1) is 0 Å². The molecule has 0 fully saturated rings. The Morgan fingerprint density at radius 3 is 2.00 bits per heavy atom. The van der Waals surface area contributed by atoms with Crippen molar-refractivity contribution in [1.29, 1.82) is 0 Å². The standard InChI is InChI=1S/C6H11NS/c1-5(2)6(3)7-4-8/h4H,1-3H3,(H,7,8). The molecule has 0 aromatic heterocycles. The Morgan fingerprint density at radius 1 is 1.38 bits per heavy atom. The summed E-state index contributed by atoms with van der Waals surface area (Å²) in [6.07, 6.45) is 0. The minimum absolute atomic E-state index is 1.14. The van der Waals surface area contributed by atoms with E-state index >= 15 is 0 Å². The fourth-order valence-corrected chi connectivity index (χ4v) is 0.410. The van der Waals surface area contributed by atoms with Gasteiger partial charge in [-0.3, -0.25) is 0 Å². The lowest BCUT2D eigenvalue weighted by Crippen LogP contribution is -2.06. The molecule has 0 saturated carbocycles. The molecule has 0 aromatic carbocycles. The van der Waals surface area contributed by atoms with Gasteiger partial charge in [0.05, 0.1) is 5.49 Å². The van der Waals surface area contributed by atoms with Gasteiger partial charge in [0.1, 0.15) is 0 Å². The van der Waals surface area contributed by atoms with Crippen LogP contribution in [0.3, 0.4) is 0 Å². The third kappa shape index (κ3) is 2.75. The molecule has 1 nitrogen and oxygen atoms in total. The Morgan fingerprint density at radius 2 is 1.88 bits per heavy atom. The van der Waals surface area contributed by atoms with Crippen LogP contribution in [0, 0.1) is 0 Å². The first kappa shape index (κ1) is 7.63. The van der Waals surface area contributed by atoms with Gasteiger partial charge in [-0.1, -0.05) is 17.8 Å². The molecular weight excluding hydrogens is 118 g/mol. The van der Waals surface area contributed by atoms with Crippen molar-refractivity contribution in [2.24, 2.45) is 0 Å². The molecule has 8 heavy (non-hydrogen) atoms. The Kier molecular flexibility index (Phi) is 3.44. The largest absolute Gasteiger partial charge is 0.356 e. The van der Waals surface area contributed by atoms with Crippen molar-refractivity contribution >= 4 is 17.7 Å². The van der Waals surface area contributed by atoms with Crippen molar-refractivity contribution in [3.8, 4) is 0 Å². The van der Waals surface area contributed by atoms with Gasteiger partial charge >= 0.3 is 0 Å². The van der Waals surface area contributed by atoms with Gasteiger partial charge in [0, 0.05) is 5.70 Å². The SMILES string of the molecule is CC(C)=C(C)NC=S. The molecule has 0 bridgehead atoms. The highest BCUT2D eigenvalue weighted by Crippen LogP contribution is 1.94. The van der Waals surface area contributed by atoms with Crippen LogP contribution in [-0.2, 0) is 0 Å². The van der Waals surface area contributed by atoms with E-state index in [-0.39, 0.29) is 0 Å². The normalized spacial score (nSPS) is 7.88. The fourth-order valence-electron chi connectivity index (χ4n) is 0.233. The zero-order valence-corrected chi connectivity index (χ0v) is 6.30. The minimum Gasteiger partial charge on any atom is -0.356 e. The second-order valence-electron chi connectivity index (χ2n) is 1.89. The summed E-state index contributed by atoms with van der Waals surface area (Å²) >= 11 is 4.58. The third-order valence-corrected chi connectivity index (χ3v) is 1.14. The summed E-state index contributed by atoms with van der Waals surface area (Å²) in [7, 11) is 0. The Labute approximate surface area is 55.8 Å². The van der Waals surface area contributed by atoms with Crippen LogP contribution < -0.4 is 5.32 Å². The first-order chi connectivity index (χ1) is 3.68. The average molecular weight is 129 g/mol. The molecule has 1 N–H and O–H groups in total. The number of thiocarbonyl (C=S) groups is 1. The van der Waals surface area contributed by atoms with Crippen LogP contribution in [0.2, 0.25) is 0 Å². The highest BCUT2D eigenvalue weighted by molar-refractivity contribution is 7.78. The maximum atomic E-state index is 4.58. The van der Waals surface area contributed by atoms with Crippen molar-refractivity contribution < 1.29 is 0 Å². The first-order valence-corrected chi connectivity index (χ1v) is 3.00. The number of allylic oxidation sites excluding steroid dienone is 2. The van der Waals surface area contributed by atoms with Crippen LogP contribution in [0.4, 0.5) is 0 Å².